The van der Waals surface area contributed by atoms with E-state index < -0.39 is 11.8 Å². The number of rotatable bonds is 2. The molecule has 1 aromatic carbocycles. The second-order valence-corrected chi connectivity index (χ2v) is 4.79. The van der Waals surface area contributed by atoms with Crippen LogP contribution in [0.4, 0.5) is 4.39 Å². The molecule has 2 aromatic rings. The van der Waals surface area contributed by atoms with E-state index in [1.54, 1.807) is 13.0 Å². The molecule has 6 heteroatoms. The minimum Gasteiger partial charge on any atom is -0.462 e. The highest BCUT2D eigenvalue weighted by molar-refractivity contribution is 7.73. The van der Waals surface area contributed by atoms with Crippen molar-refractivity contribution in [3.05, 3.63) is 27.5 Å². The monoisotopic (exact) mass is 257 g/mol. The SMILES string of the molecule is CCOC(=O)c1cc(F)c2[nH]c(=S)sc2c1. The minimum absolute atomic E-state index is 0.206. The standard InChI is InChI=1S/C10H8FNO2S2/c1-2-14-9(13)5-3-6(11)8-7(4-5)16-10(15)12-8/h3-4H,2H2,1H3,(H,12,15). The lowest BCUT2D eigenvalue weighted by molar-refractivity contribution is 0.0526. The Hall–Kier alpha value is -1.27. The number of thiazole rings is 1. The van der Waals surface area contributed by atoms with Crippen LogP contribution >= 0.6 is 23.6 Å². The van der Waals surface area contributed by atoms with Crippen LogP contribution in [0.2, 0.25) is 0 Å². The minimum atomic E-state index is -0.525. The topological polar surface area (TPSA) is 42.1 Å². The molecule has 0 saturated carbocycles. The molecule has 0 amide bonds. The smallest absolute Gasteiger partial charge is 0.338 e. The van der Waals surface area contributed by atoms with E-state index in [9.17, 15) is 9.18 Å². The fourth-order valence-electron chi connectivity index (χ4n) is 1.34. The second-order valence-electron chi connectivity index (χ2n) is 3.07. The molecule has 0 radical (unpaired) electrons. The van der Waals surface area contributed by atoms with Gasteiger partial charge in [-0.25, -0.2) is 9.18 Å². The largest absolute Gasteiger partial charge is 0.462 e. The van der Waals surface area contributed by atoms with Gasteiger partial charge in [-0.2, -0.15) is 0 Å². The molecule has 0 aliphatic carbocycles. The number of ether oxygens (including phenoxy) is 1. The number of halogens is 1. The normalized spacial score (nSPS) is 10.6. The number of H-pyrrole nitrogens is 1. The van der Waals surface area contributed by atoms with Crippen LogP contribution in [0.25, 0.3) is 10.2 Å². The van der Waals surface area contributed by atoms with E-state index in [-0.39, 0.29) is 12.2 Å². The number of benzene rings is 1. The zero-order valence-electron chi connectivity index (χ0n) is 8.37. The lowest BCUT2D eigenvalue weighted by Gasteiger charge is -2.01. The molecular weight excluding hydrogens is 249 g/mol. The summed E-state index contributed by atoms with van der Waals surface area (Å²) in [6.45, 7) is 1.97. The van der Waals surface area contributed by atoms with Gasteiger partial charge in [0.05, 0.1) is 22.4 Å². The molecule has 16 heavy (non-hydrogen) atoms. The van der Waals surface area contributed by atoms with Gasteiger partial charge in [0.15, 0.2) is 3.95 Å². The van der Waals surface area contributed by atoms with Crippen LogP contribution in [0.5, 0.6) is 0 Å². The molecule has 1 aromatic heterocycles. The summed E-state index contributed by atoms with van der Waals surface area (Å²) >= 11 is 6.14. The fourth-order valence-corrected chi connectivity index (χ4v) is 2.50. The number of hydrogen-bond donors (Lipinski definition) is 1. The molecule has 0 saturated heterocycles. The van der Waals surface area contributed by atoms with E-state index in [4.69, 9.17) is 17.0 Å². The number of esters is 1. The van der Waals surface area contributed by atoms with Gasteiger partial charge in [-0.3, -0.25) is 0 Å². The van der Waals surface area contributed by atoms with Gasteiger partial charge in [0, 0.05) is 0 Å². The number of carbonyl (C=O) groups is 1. The van der Waals surface area contributed by atoms with Crippen molar-refractivity contribution in [3.63, 3.8) is 0 Å². The van der Waals surface area contributed by atoms with Crippen LogP contribution in [-0.2, 0) is 4.74 Å². The summed E-state index contributed by atoms with van der Waals surface area (Å²) in [6, 6.07) is 2.73. The predicted molar refractivity (Wildman–Crippen MR) is 62.9 cm³/mol. The Kier molecular flexibility index (Phi) is 3.02. The van der Waals surface area contributed by atoms with Gasteiger partial charge in [-0.1, -0.05) is 0 Å². The fraction of sp³-hybridized carbons (Fsp3) is 0.200. The quantitative estimate of drug-likeness (QED) is 0.663. The number of carbonyl (C=O) groups excluding carboxylic acids is 1. The highest BCUT2D eigenvalue weighted by atomic mass is 32.1. The van der Waals surface area contributed by atoms with Gasteiger partial charge in [0.1, 0.15) is 5.82 Å². The molecule has 2 rings (SSSR count). The van der Waals surface area contributed by atoms with Crippen molar-refractivity contribution in [2.75, 3.05) is 6.61 Å². The van der Waals surface area contributed by atoms with Crippen LogP contribution in [0, 0.1) is 9.77 Å². The highest BCUT2D eigenvalue weighted by Gasteiger charge is 2.12. The van der Waals surface area contributed by atoms with Crippen LogP contribution in [0.15, 0.2) is 12.1 Å². The van der Waals surface area contributed by atoms with Crippen molar-refractivity contribution < 1.29 is 13.9 Å². The van der Waals surface area contributed by atoms with Gasteiger partial charge < -0.3 is 9.72 Å². The first-order chi connectivity index (χ1) is 7.61. The maximum absolute atomic E-state index is 13.6. The van der Waals surface area contributed by atoms with E-state index in [1.807, 2.05) is 0 Å². The molecular formula is C10H8FNO2S2. The molecule has 0 spiro atoms. The first-order valence-corrected chi connectivity index (χ1v) is 5.83. The lowest BCUT2D eigenvalue weighted by atomic mass is 10.2. The molecule has 1 heterocycles. The number of hydrogen-bond acceptors (Lipinski definition) is 4. The summed E-state index contributed by atoms with van der Waals surface area (Å²) in [5, 5.41) is 0. The van der Waals surface area contributed by atoms with Crippen LogP contribution in [0.1, 0.15) is 17.3 Å². The zero-order chi connectivity index (χ0) is 11.7. The maximum atomic E-state index is 13.6. The average Bonchev–Trinajstić information content (AvgIpc) is 2.59. The van der Waals surface area contributed by atoms with Crippen molar-refractivity contribution >= 4 is 39.7 Å². The number of aromatic nitrogens is 1. The highest BCUT2D eigenvalue weighted by Crippen LogP contribution is 2.24. The molecule has 0 bridgehead atoms. The third-order valence-corrected chi connectivity index (χ3v) is 3.18. The Morgan fingerprint density at radius 3 is 3.06 bits per heavy atom. The van der Waals surface area contributed by atoms with E-state index in [0.717, 1.165) is 6.07 Å². The summed E-state index contributed by atoms with van der Waals surface area (Å²) in [4.78, 5) is 14.2. The average molecular weight is 257 g/mol. The third kappa shape index (κ3) is 1.98. The Bertz CT molecular complexity index is 602. The second kappa shape index (κ2) is 4.31. The van der Waals surface area contributed by atoms with Crippen molar-refractivity contribution in [2.24, 2.45) is 0 Å². The molecule has 0 atom stereocenters. The van der Waals surface area contributed by atoms with Crippen LogP contribution < -0.4 is 0 Å². The zero-order valence-corrected chi connectivity index (χ0v) is 10.0. The molecule has 0 unspecified atom stereocenters. The van der Waals surface area contributed by atoms with E-state index in [2.05, 4.69) is 4.98 Å². The van der Waals surface area contributed by atoms with Gasteiger partial charge in [0.25, 0.3) is 0 Å². The van der Waals surface area contributed by atoms with Crippen molar-refractivity contribution in [3.8, 4) is 0 Å². The lowest BCUT2D eigenvalue weighted by Crippen LogP contribution is -2.04. The van der Waals surface area contributed by atoms with E-state index in [1.165, 1.54) is 11.3 Å². The first kappa shape index (κ1) is 11.2. The van der Waals surface area contributed by atoms with Crippen molar-refractivity contribution in [1.29, 1.82) is 0 Å². The van der Waals surface area contributed by atoms with E-state index >= 15 is 0 Å². The van der Waals surface area contributed by atoms with E-state index in [0.29, 0.717) is 14.2 Å². The summed E-state index contributed by atoms with van der Waals surface area (Å²) in [6.07, 6.45) is 0. The molecule has 0 fully saturated rings. The Morgan fingerprint density at radius 2 is 2.38 bits per heavy atom. The predicted octanol–water partition coefficient (Wildman–Crippen LogP) is 3.27. The Labute approximate surface area is 99.9 Å². The summed E-state index contributed by atoms with van der Waals surface area (Å²) in [5.74, 6) is -1.02. The first-order valence-electron chi connectivity index (χ1n) is 4.61. The van der Waals surface area contributed by atoms with Crippen molar-refractivity contribution in [1.82, 2.24) is 4.98 Å². The summed E-state index contributed by atoms with van der Waals surface area (Å²) < 4.78 is 19.5. The van der Waals surface area contributed by atoms with Gasteiger partial charge in [0.2, 0.25) is 0 Å². The molecule has 3 nitrogen and oxygen atoms in total. The Morgan fingerprint density at radius 1 is 1.62 bits per heavy atom. The molecule has 1 N–H and O–H groups in total. The summed E-state index contributed by atoms with van der Waals surface area (Å²) in [5.41, 5.74) is 0.542. The third-order valence-electron chi connectivity index (χ3n) is 1.99. The molecule has 84 valence electrons. The number of nitrogens with one attached hydrogen (secondary N) is 1. The Balaban J connectivity index is 2.57. The molecule has 0 aliphatic heterocycles. The van der Waals surface area contributed by atoms with Crippen molar-refractivity contribution in [2.45, 2.75) is 6.92 Å². The van der Waals surface area contributed by atoms with Crippen LogP contribution in [0.3, 0.4) is 0 Å². The van der Waals surface area contributed by atoms with Crippen LogP contribution in [-0.4, -0.2) is 17.6 Å². The number of aromatic amines is 1. The van der Waals surface area contributed by atoms with Gasteiger partial charge in [-0.05, 0) is 31.3 Å². The van der Waals surface area contributed by atoms with Gasteiger partial charge >= 0.3 is 5.97 Å². The maximum Gasteiger partial charge on any atom is 0.338 e. The summed E-state index contributed by atoms with van der Waals surface area (Å²) in [7, 11) is 0. The van der Waals surface area contributed by atoms with Gasteiger partial charge in [-0.15, -0.1) is 11.3 Å². The number of fused-ring (bicyclic) bond motifs is 1. The molecule has 0 aliphatic rings.